The lowest BCUT2D eigenvalue weighted by molar-refractivity contribution is -0.0439. The number of fused-ring (bicyclic) bond motifs is 1. The van der Waals surface area contributed by atoms with Gasteiger partial charge in [-0.1, -0.05) is 88.4 Å². The number of methoxy groups -OCH3 is 1. The van der Waals surface area contributed by atoms with Crippen molar-refractivity contribution in [1.82, 2.24) is 19.7 Å². The maximum Gasteiger partial charge on any atom is 0.261 e. The molecule has 2 aromatic carbocycles. The number of aryl methyl sites for hydroxylation is 1. The number of ether oxygens (including phenoxy) is 2. The Morgan fingerprint density at radius 1 is 1.03 bits per heavy atom. The summed E-state index contributed by atoms with van der Waals surface area (Å²) in [6.45, 7) is 9.02. The summed E-state index contributed by atoms with van der Waals surface area (Å²) in [5, 5.41) is 18.9. The number of aliphatic hydroxyl groups is 1. The Balaban J connectivity index is 1.46. The van der Waals surface area contributed by atoms with E-state index in [9.17, 15) is 5.11 Å². The SMILES string of the molecule is CCc1nn(C2CC(O)C(CO[Si](c3ccccc3)(c3ccccc3)C(C)(C)C)O2)c2ncnc(OC)c12. The fraction of sp³-hybridized carbons (Fsp3) is 0.414. The van der Waals surface area contributed by atoms with E-state index >= 15 is 0 Å². The number of hydrogen-bond acceptors (Lipinski definition) is 7. The van der Waals surface area contributed by atoms with Gasteiger partial charge in [-0.15, -0.1) is 0 Å². The molecule has 1 N–H and O–H groups in total. The number of rotatable bonds is 8. The Bertz CT molecular complexity index is 1330. The van der Waals surface area contributed by atoms with Gasteiger partial charge in [0.05, 0.1) is 25.5 Å². The number of nitrogens with zero attached hydrogens (tertiary/aromatic N) is 4. The fourth-order valence-electron chi connectivity index (χ4n) is 5.60. The molecule has 1 fully saturated rings. The average molecular weight is 533 g/mol. The molecule has 9 heteroatoms. The van der Waals surface area contributed by atoms with Crippen molar-refractivity contribution in [1.29, 1.82) is 0 Å². The van der Waals surface area contributed by atoms with Crippen LogP contribution in [0.15, 0.2) is 67.0 Å². The smallest absolute Gasteiger partial charge is 0.261 e. The first-order valence-electron chi connectivity index (χ1n) is 13.1. The molecule has 1 saturated heterocycles. The van der Waals surface area contributed by atoms with E-state index in [4.69, 9.17) is 19.0 Å². The summed E-state index contributed by atoms with van der Waals surface area (Å²) in [6.07, 6.45) is 0.874. The zero-order valence-electron chi connectivity index (χ0n) is 22.7. The predicted octanol–water partition coefficient (Wildman–Crippen LogP) is 3.62. The van der Waals surface area contributed by atoms with E-state index < -0.39 is 26.8 Å². The number of aliphatic hydroxyl groups excluding tert-OH is 1. The van der Waals surface area contributed by atoms with Gasteiger partial charge < -0.3 is 19.0 Å². The van der Waals surface area contributed by atoms with Crippen LogP contribution in [0.4, 0.5) is 0 Å². The molecule has 0 saturated carbocycles. The number of aromatic nitrogens is 4. The van der Waals surface area contributed by atoms with Crippen molar-refractivity contribution >= 4 is 29.7 Å². The average Bonchev–Trinajstić information content (AvgIpc) is 3.49. The highest BCUT2D eigenvalue weighted by atomic mass is 28.4. The van der Waals surface area contributed by atoms with Gasteiger partial charge in [0, 0.05) is 6.42 Å². The normalized spacial score (nSPS) is 20.2. The zero-order chi connectivity index (χ0) is 26.9. The van der Waals surface area contributed by atoms with Gasteiger partial charge >= 0.3 is 0 Å². The highest BCUT2D eigenvalue weighted by Gasteiger charge is 2.51. The fourth-order valence-corrected chi connectivity index (χ4v) is 10.2. The molecule has 0 amide bonds. The Hall–Kier alpha value is -3.11. The van der Waals surface area contributed by atoms with Crippen molar-refractivity contribution in [2.75, 3.05) is 13.7 Å². The van der Waals surface area contributed by atoms with Crippen LogP contribution in [0.3, 0.4) is 0 Å². The van der Waals surface area contributed by atoms with Gasteiger partial charge in [0.25, 0.3) is 8.32 Å². The van der Waals surface area contributed by atoms with Crippen molar-refractivity contribution in [2.24, 2.45) is 0 Å². The van der Waals surface area contributed by atoms with Gasteiger partial charge in [-0.05, 0) is 21.8 Å². The molecule has 1 aliphatic rings. The summed E-state index contributed by atoms with van der Waals surface area (Å²) in [4.78, 5) is 8.72. The molecule has 5 rings (SSSR count). The van der Waals surface area contributed by atoms with Gasteiger partial charge in [0.2, 0.25) is 5.88 Å². The van der Waals surface area contributed by atoms with Crippen LogP contribution >= 0.6 is 0 Å². The Morgan fingerprint density at radius 3 is 2.21 bits per heavy atom. The van der Waals surface area contributed by atoms with Crippen LogP contribution in [0, 0.1) is 0 Å². The summed E-state index contributed by atoms with van der Waals surface area (Å²) in [5.74, 6) is 0.489. The molecule has 2 aromatic heterocycles. The minimum absolute atomic E-state index is 0.166. The van der Waals surface area contributed by atoms with Crippen molar-refractivity contribution < 1.29 is 19.0 Å². The molecular formula is C29H36N4O4Si. The largest absolute Gasteiger partial charge is 0.480 e. The second-order valence-electron chi connectivity index (χ2n) is 10.7. The molecule has 3 unspecified atom stereocenters. The lowest BCUT2D eigenvalue weighted by Gasteiger charge is -2.43. The second-order valence-corrected chi connectivity index (χ2v) is 15.0. The molecule has 4 aromatic rings. The Labute approximate surface area is 224 Å². The van der Waals surface area contributed by atoms with Crippen LogP contribution in [0.25, 0.3) is 11.0 Å². The van der Waals surface area contributed by atoms with Gasteiger partial charge in [-0.25, -0.2) is 14.6 Å². The predicted molar refractivity (Wildman–Crippen MR) is 149 cm³/mol. The van der Waals surface area contributed by atoms with Crippen molar-refractivity contribution in [2.45, 2.75) is 64.0 Å². The molecule has 200 valence electrons. The van der Waals surface area contributed by atoms with Crippen LogP contribution in [0.5, 0.6) is 5.88 Å². The zero-order valence-corrected chi connectivity index (χ0v) is 23.7. The van der Waals surface area contributed by atoms with E-state index in [0.29, 0.717) is 24.4 Å². The van der Waals surface area contributed by atoms with E-state index in [1.54, 1.807) is 11.8 Å². The monoisotopic (exact) mass is 532 g/mol. The van der Waals surface area contributed by atoms with E-state index in [2.05, 4.69) is 79.3 Å². The van der Waals surface area contributed by atoms with Crippen LogP contribution in [0.1, 0.15) is 46.0 Å². The number of hydrogen-bond donors (Lipinski definition) is 1. The highest BCUT2D eigenvalue weighted by molar-refractivity contribution is 6.99. The van der Waals surface area contributed by atoms with Crippen molar-refractivity contribution in [3.05, 3.63) is 72.7 Å². The maximum atomic E-state index is 11.1. The lowest BCUT2D eigenvalue weighted by atomic mass is 10.2. The van der Waals surface area contributed by atoms with E-state index in [-0.39, 0.29) is 11.6 Å². The Kier molecular flexibility index (Phi) is 7.37. The molecule has 3 atom stereocenters. The summed E-state index contributed by atoms with van der Waals surface area (Å²) >= 11 is 0. The molecule has 1 aliphatic heterocycles. The summed E-state index contributed by atoms with van der Waals surface area (Å²) in [5.41, 5.74) is 1.47. The van der Waals surface area contributed by atoms with E-state index in [1.165, 1.54) is 16.7 Å². The third-order valence-electron chi connectivity index (χ3n) is 7.41. The first-order chi connectivity index (χ1) is 18.3. The van der Waals surface area contributed by atoms with E-state index in [0.717, 1.165) is 11.1 Å². The Morgan fingerprint density at radius 2 is 1.66 bits per heavy atom. The van der Waals surface area contributed by atoms with Gasteiger partial charge in [-0.3, -0.25) is 0 Å². The maximum absolute atomic E-state index is 11.1. The van der Waals surface area contributed by atoms with E-state index in [1.807, 2.05) is 19.1 Å². The third kappa shape index (κ3) is 4.53. The molecule has 0 spiro atoms. The minimum Gasteiger partial charge on any atom is -0.480 e. The van der Waals surface area contributed by atoms with Crippen LogP contribution < -0.4 is 15.1 Å². The van der Waals surface area contributed by atoms with Crippen LogP contribution in [0.2, 0.25) is 5.04 Å². The topological polar surface area (TPSA) is 91.5 Å². The minimum atomic E-state index is -2.76. The van der Waals surface area contributed by atoms with Gasteiger partial charge in [-0.2, -0.15) is 5.10 Å². The summed E-state index contributed by atoms with van der Waals surface area (Å²) in [7, 11) is -1.17. The number of benzene rings is 2. The first-order valence-corrected chi connectivity index (χ1v) is 15.1. The molecular weight excluding hydrogens is 496 g/mol. The van der Waals surface area contributed by atoms with Gasteiger partial charge in [0.1, 0.15) is 17.8 Å². The van der Waals surface area contributed by atoms with Crippen molar-refractivity contribution in [3.63, 3.8) is 0 Å². The molecule has 8 nitrogen and oxygen atoms in total. The third-order valence-corrected chi connectivity index (χ3v) is 12.4. The summed E-state index contributed by atoms with van der Waals surface area (Å²) in [6, 6.07) is 21.0. The van der Waals surface area contributed by atoms with Crippen molar-refractivity contribution in [3.8, 4) is 5.88 Å². The molecule has 0 aliphatic carbocycles. The second kappa shape index (κ2) is 10.6. The molecule has 0 bridgehead atoms. The first kappa shape index (κ1) is 26.5. The lowest BCUT2D eigenvalue weighted by Crippen LogP contribution is -2.67. The van der Waals surface area contributed by atoms with Crippen LogP contribution in [-0.4, -0.2) is 59.1 Å². The quantitative estimate of drug-likeness (QED) is 0.347. The highest BCUT2D eigenvalue weighted by Crippen LogP contribution is 2.39. The summed E-state index contributed by atoms with van der Waals surface area (Å²) < 4.78 is 20.7. The molecule has 38 heavy (non-hydrogen) atoms. The standard InChI is InChI=1S/C29H36N4O4Si/c1-6-22-26-27(30-19-31-28(26)35-5)33(32-22)25-17-23(34)24(37-25)18-36-38(29(2,3)4,20-13-9-7-10-14-20)21-15-11-8-12-16-21/h7-16,19,23-25,34H,6,17-18H2,1-5H3. The molecule has 0 radical (unpaired) electrons. The van der Waals surface area contributed by atoms with Gasteiger partial charge in [0.15, 0.2) is 11.9 Å². The molecule has 3 heterocycles. The van der Waals surface area contributed by atoms with Crippen LogP contribution in [-0.2, 0) is 15.6 Å².